The highest BCUT2D eigenvalue weighted by molar-refractivity contribution is 6.30. The number of benzene rings is 1. The molecule has 1 aromatic carbocycles. The van der Waals surface area contributed by atoms with Gasteiger partial charge in [0.25, 0.3) is 0 Å². The van der Waals surface area contributed by atoms with Crippen molar-refractivity contribution < 1.29 is 14.3 Å². The molecule has 0 aromatic heterocycles. The van der Waals surface area contributed by atoms with Crippen LogP contribution in [-0.4, -0.2) is 43.0 Å². The summed E-state index contributed by atoms with van der Waals surface area (Å²) in [6.45, 7) is 3.44. The van der Waals surface area contributed by atoms with Crippen molar-refractivity contribution in [2.45, 2.75) is 19.4 Å². The van der Waals surface area contributed by atoms with Crippen molar-refractivity contribution in [1.82, 2.24) is 10.2 Å². The molecule has 6 heteroatoms. The van der Waals surface area contributed by atoms with Gasteiger partial charge in [-0.05, 0) is 17.7 Å². The second-order valence-electron chi connectivity index (χ2n) is 4.98. The third kappa shape index (κ3) is 4.72. The average molecular weight is 311 g/mol. The van der Waals surface area contributed by atoms with Crippen LogP contribution in [0.5, 0.6) is 0 Å². The fraction of sp³-hybridized carbons (Fsp3) is 0.467. The van der Waals surface area contributed by atoms with Gasteiger partial charge >= 0.3 is 0 Å². The maximum absolute atomic E-state index is 12.1. The van der Waals surface area contributed by atoms with Crippen molar-refractivity contribution in [3.63, 3.8) is 0 Å². The summed E-state index contributed by atoms with van der Waals surface area (Å²) in [5, 5.41) is 3.31. The first kappa shape index (κ1) is 15.8. The van der Waals surface area contributed by atoms with E-state index in [0.717, 1.165) is 5.56 Å². The van der Waals surface area contributed by atoms with Crippen molar-refractivity contribution in [3.8, 4) is 0 Å². The molecular formula is C15H19ClN2O3. The van der Waals surface area contributed by atoms with E-state index in [1.165, 1.54) is 6.92 Å². The standard InChI is InChI=1S/C15H19ClN2O3/c1-11(19)17-7-6-15(20)18-8-9-21-14(10-18)12-2-4-13(16)5-3-12/h2-5,14H,6-10H2,1H3,(H,17,19). The summed E-state index contributed by atoms with van der Waals surface area (Å²) < 4.78 is 5.72. The molecule has 1 heterocycles. The van der Waals surface area contributed by atoms with Crippen LogP contribution in [0.15, 0.2) is 24.3 Å². The highest BCUT2D eigenvalue weighted by atomic mass is 35.5. The summed E-state index contributed by atoms with van der Waals surface area (Å²) in [6, 6.07) is 7.46. The second kappa shape index (κ2) is 7.43. The summed E-state index contributed by atoms with van der Waals surface area (Å²) in [5.74, 6) is -0.0881. The van der Waals surface area contributed by atoms with Crippen LogP contribution in [0.3, 0.4) is 0 Å². The number of nitrogens with zero attached hydrogens (tertiary/aromatic N) is 1. The maximum atomic E-state index is 12.1. The zero-order valence-electron chi connectivity index (χ0n) is 12.0. The summed E-state index contributed by atoms with van der Waals surface area (Å²) in [5.41, 5.74) is 1.01. The van der Waals surface area contributed by atoms with E-state index >= 15 is 0 Å². The Hall–Kier alpha value is -1.59. The number of nitrogens with one attached hydrogen (secondary N) is 1. The third-order valence-corrected chi connectivity index (χ3v) is 3.63. The van der Waals surface area contributed by atoms with Gasteiger partial charge in [-0.25, -0.2) is 0 Å². The van der Waals surface area contributed by atoms with Gasteiger partial charge in [-0.1, -0.05) is 23.7 Å². The third-order valence-electron chi connectivity index (χ3n) is 3.37. The topological polar surface area (TPSA) is 58.6 Å². The molecule has 1 atom stereocenters. The lowest BCUT2D eigenvalue weighted by atomic mass is 10.1. The molecule has 1 saturated heterocycles. The molecule has 1 N–H and O–H groups in total. The van der Waals surface area contributed by atoms with Gasteiger partial charge in [-0.15, -0.1) is 0 Å². The lowest BCUT2D eigenvalue weighted by molar-refractivity contribution is -0.139. The molecule has 21 heavy (non-hydrogen) atoms. The number of ether oxygens (including phenoxy) is 1. The van der Waals surface area contributed by atoms with E-state index in [1.54, 1.807) is 4.90 Å². The predicted octanol–water partition coefficient (Wildman–Crippen LogP) is 1.77. The molecule has 1 aliphatic heterocycles. The average Bonchev–Trinajstić information content (AvgIpc) is 2.47. The number of hydrogen-bond donors (Lipinski definition) is 1. The van der Waals surface area contributed by atoms with Crippen molar-refractivity contribution in [2.24, 2.45) is 0 Å². The van der Waals surface area contributed by atoms with Crippen molar-refractivity contribution >= 4 is 23.4 Å². The van der Waals surface area contributed by atoms with E-state index in [9.17, 15) is 9.59 Å². The van der Waals surface area contributed by atoms with E-state index in [0.29, 0.717) is 37.7 Å². The van der Waals surface area contributed by atoms with Crippen LogP contribution in [0.2, 0.25) is 5.02 Å². The predicted molar refractivity (Wildman–Crippen MR) is 80.0 cm³/mol. The zero-order valence-corrected chi connectivity index (χ0v) is 12.7. The smallest absolute Gasteiger partial charge is 0.224 e. The highest BCUT2D eigenvalue weighted by Crippen LogP contribution is 2.23. The number of halogens is 1. The minimum atomic E-state index is -0.124. The van der Waals surface area contributed by atoms with E-state index in [1.807, 2.05) is 24.3 Å². The Balaban J connectivity index is 1.89. The summed E-state index contributed by atoms with van der Waals surface area (Å²) in [7, 11) is 0. The molecule has 0 radical (unpaired) electrons. The normalized spacial score (nSPS) is 18.4. The monoisotopic (exact) mass is 310 g/mol. The molecule has 0 aliphatic carbocycles. The first-order valence-electron chi connectivity index (χ1n) is 6.95. The zero-order chi connectivity index (χ0) is 15.2. The summed E-state index contributed by atoms with van der Waals surface area (Å²) in [4.78, 5) is 24.7. The van der Waals surface area contributed by atoms with Gasteiger partial charge in [0.1, 0.15) is 6.10 Å². The Morgan fingerprint density at radius 2 is 2.10 bits per heavy atom. The van der Waals surface area contributed by atoms with Crippen LogP contribution in [0, 0.1) is 0 Å². The van der Waals surface area contributed by atoms with Crippen LogP contribution in [-0.2, 0) is 14.3 Å². The first-order chi connectivity index (χ1) is 10.1. The van der Waals surface area contributed by atoms with Crippen LogP contribution in [0.4, 0.5) is 0 Å². The number of morpholine rings is 1. The molecule has 114 valence electrons. The van der Waals surface area contributed by atoms with Crippen LogP contribution in [0.1, 0.15) is 25.0 Å². The molecule has 1 aliphatic rings. The molecule has 0 saturated carbocycles. The van der Waals surface area contributed by atoms with Crippen molar-refractivity contribution in [2.75, 3.05) is 26.2 Å². The Morgan fingerprint density at radius 1 is 1.38 bits per heavy atom. The van der Waals surface area contributed by atoms with Gasteiger partial charge in [0.05, 0.1) is 13.2 Å². The summed E-state index contributed by atoms with van der Waals surface area (Å²) in [6.07, 6.45) is 0.188. The summed E-state index contributed by atoms with van der Waals surface area (Å²) >= 11 is 5.87. The first-order valence-corrected chi connectivity index (χ1v) is 7.33. The molecule has 2 amide bonds. The molecule has 1 fully saturated rings. The fourth-order valence-corrected chi connectivity index (χ4v) is 2.38. The Labute approximate surface area is 129 Å². The maximum Gasteiger partial charge on any atom is 0.224 e. The molecule has 0 spiro atoms. The molecule has 0 bridgehead atoms. The Kier molecular flexibility index (Phi) is 5.59. The quantitative estimate of drug-likeness (QED) is 0.922. The van der Waals surface area contributed by atoms with Gasteiger partial charge < -0.3 is 15.0 Å². The van der Waals surface area contributed by atoms with Gasteiger partial charge in [0.2, 0.25) is 11.8 Å². The fourth-order valence-electron chi connectivity index (χ4n) is 2.26. The minimum absolute atomic E-state index is 0.0333. The van der Waals surface area contributed by atoms with Gasteiger partial charge in [-0.2, -0.15) is 0 Å². The number of rotatable bonds is 4. The van der Waals surface area contributed by atoms with E-state index in [4.69, 9.17) is 16.3 Å². The van der Waals surface area contributed by atoms with Crippen molar-refractivity contribution in [1.29, 1.82) is 0 Å². The van der Waals surface area contributed by atoms with Crippen LogP contribution in [0.25, 0.3) is 0 Å². The lowest BCUT2D eigenvalue weighted by Crippen LogP contribution is -2.43. The van der Waals surface area contributed by atoms with Gasteiger partial charge in [0, 0.05) is 31.5 Å². The number of carbonyl (C=O) groups is 2. The SMILES string of the molecule is CC(=O)NCCC(=O)N1CCOC(c2ccc(Cl)cc2)C1. The number of amides is 2. The minimum Gasteiger partial charge on any atom is -0.370 e. The second-order valence-corrected chi connectivity index (χ2v) is 5.42. The van der Waals surface area contributed by atoms with Crippen molar-refractivity contribution in [3.05, 3.63) is 34.9 Å². The number of hydrogen-bond acceptors (Lipinski definition) is 3. The largest absolute Gasteiger partial charge is 0.370 e. The van der Waals surface area contributed by atoms with E-state index in [-0.39, 0.29) is 17.9 Å². The Bertz CT molecular complexity index is 504. The molecule has 2 rings (SSSR count). The highest BCUT2D eigenvalue weighted by Gasteiger charge is 2.25. The molecule has 5 nitrogen and oxygen atoms in total. The lowest BCUT2D eigenvalue weighted by Gasteiger charge is -2.33. The van der Waals surface area contributed by atoms with E-state index < -0.39 is 0 Å². The van der Waals surface area contributed by atoms with E-state index in [2.05, 4.69) is 5.32 Å². The molecular weight excluding hydrogens is 292 g/mol. The molecule has 1 unspecified atom stereocenters. The van der Waals surface area contributed by atoms with Crippen LogP contribution < -0.4 is 5.32 Å². The Morgan fingerprint density at radius 3 is 2.76 bits per heavy atom. The van der Waals surface area contributed by atoms with Gasteiger partial charge in [-0.3, -0.25) is 9.59 Å². The molecule has 1 aromatic rings. The van der Waals surface area contributed by atoms with Crippen LogP contribution >= 0.6 is 11.6 Å². The van der Waals surface area contributed by atoms with Gasteiger partial charge in [0.15, 0.2) is 0 Å². The number of carbonyl (C=O) groups excluding carboxylic acids is 2.